The summed E-state index contributed by atoms with van der Waals surface area (Å²) in [6.45, 7) is 10.4. The Hall–Kier alpha value is 0.140. The number of hydrogen-bond donors (Lipinski definition) is 1. The normalized spacial score (nSPS) is 26.9. The molecule has 1 atom stereocenters. The average Bonchev–Trinajstić information content (AvgIpc) is 1.85. The molecule has 1 heterocycles. The minimum absolute atomic E-state index is 0.621. The quantitative estimate of drug-likeness (QED) is 0.750. The summed E-state index contributed by atoms with van der Waals surface area (Å²) >= 11 is 3.37. The van der Waals surface area contributed by atoms with Crippen LogP contribution in [0.15, 0.2) is 11.1 Å². The van der Waals surface area contributed by atoms with Gasteiger partial charge >= 0.3 is 0 Å². The van der Waals surface area contributed by atoms with Gasteiger partial charge in [0.25, 0.3) is 0 Å². The lowest BCUT2D eigenvalue weighted by molar-refractivity contribution is 0.226. The van der Waals surface area contributed by atoms with Gasteiger partial charge in [0.15, 0.2) is 0 Å². The monoisotopic (exact) mass is 218 g/mol. The fraction of sp³-hybridized carbons (Fsp3) is 0.750. The topological polar surface area (TPSA) is 15.3 Å². The highest BCUT2D eigenvalue weighted by Gasteiger charge is 2.14. The molecule has 2 nitrogen and oxygen atoms in total. The van der Waals surface area contributed by atoms with Gasteiger partial charge in [0.2, 0.25) is 0 Å². The Labute approximate surface area is 76.8 Å². The summed E-state index contributed by atoms with van der Waals surface area (Å²) in [5, 5.41) is 3.40. The molecule has 1 rings (SSSR count). The summed E-state index contributed by atoms with van der Waals surface area (Å²) in [6.07, 6.45) is 0. The molecule has 0 aliphatic carbocycles. The van der Waals surface area contributed by atoms with Gasteiger partial charge in [-0.05, 0) is 6.92 Å². The fourth-order valence-corrected chi connectivity index (χ4v) is 1.75. The third-order valence-corrected chi connectivity index (χ3v) is 2.10. The van der Waals surface area contributed by atoms with E-state index in [2.05, 4.69) is 39.6 Å². The zero-order chi connectivity index (χ0) is 8.27. The van der Waals surface area contributed by atoms with Crippen molar-refractivity contribution in [2.75, 3.05) is 26.2 Å². The molecule has 0 aromatic rings. The molecular formula is C8H15BrN2. The third kappa shape index (κ3) is 3.36. The zero-order valence-electron chi connectivity index (χ0n) is 6.94. The standard InChI is InChI=1S/C8H15BrN2/c1-7(9)5-11-4-3-10-8(2)6-11/h8,10H,1,3-6H2,2H3/t8-/m1/s1. The van der Waals surface area contributed by atoms with Crippen LogP contribution in [0.1, 0.15) is 6.92 Å². The lowest BCUT2D eigenvalue weighted by Gasteiger charge is -2.31. The van der Waals surface area contributed by atoms with Gasteiger partial charge in [-0.15, -0.1) is 0 Å². The maximum Gasteiger partial charge on any atom is 0.0295 e. The smallest absolute Gasteiger partial charge is 0.0295 e. The minimum Gasteiger partial charge on any atom is -0.312 e. The molecule has 0 saturated carbocycles. The number of nitrogens with one attached hydrogen (secondary N) is 1. The molecule has 0 aromatic heterocycles. The van der Waals surface area contributed by atoms with Crippen LogP contribution < -0.4 is 5.32 Å². The first-order valence-corrected chi connectivity index (χ1v) is 4.77. The predicted molar refractivity (Wildman–Crippen MR) is 52.0 cm³/mol. The fourth-order valence-electron chi connectivity index (χ4n) is 1.40. The Morgan fingerprint density at radius 1 is 1.82 bits per heavy atom. The van der Waals surface area contributed by atoms with Crippen molar-refractivity contribution < 1.29 is 0 Å². The Morgan fingerprint density at radius 3 is 3.09 bits per heavy atom. The van der Waals surface area contributed by atoms with Crippen LogP contribution in [0.2, 0.25) is 0 Å². The molecule has 0 radical (unpaired) electrons. The zero-order valence-corrected chi connectivity index (χ0v) is 8.52. The van der Waals surface area contributed by atoms with Crippen molar-refractivity contribution in [2.45, 2.75) is 13.0 Å². The van der Waals surface area contributed by atoms with Crippen LogP contribution >= 0.6 is 15.9 Å². The number of rotatable bonds is 2. The molecule has 0 aromatic carbocycles. The highest BCUT2D eigenvalue weighted by Crippen LogP contribution is 2.06. The molecule has 11 heavy (non-hydrogen) atoms. The van der Waals surface area contributed by atoms with Gasteiger partial charge in [-0.1, -0.05) is 22.5 Å². The van der Waals surface area contributed by atoms with Gasteiger partial charge in [0.05, 0.1) is 0 Å². The molecule has 0 amide bonds. The molecule has 1 aliphatic rings. The van der Waals surface area contributed by atoms with E-state index in [1.165, 1.54) is 0 Å². The molecule has 1 saturated heterocycles. The minimum atomic E-state index is 0.621. The van der Waals surface area contributed by atoms with Crippen molar-refractivity contribution in [3.05, 3.63) is 11.1 Å². The molecule has 1 N–H and O–H groups in total. The van der Waals surface area contributed by atoms with Crippen LogP contribution in [0, 0.1) is 0 Å². The highest BCUT2D eigenvalue weighted by atomic mass is 79.9. The van der Waals surface area contributed by atoms with Gasteiger partial charge in [-0.25, -0.2) is 0 Å². The van der Waals surface area contributed by atoms with E-state index in [1.807, 2.05) is 0 Å². The average molecular weight is 219 g/mol. The molecule has 0 unspecified atom stereocenters. The molecule has 1 fully saturated rings. The van der Waals surface area contributed by atoms with Crippen LogP contribution in [0.3, 0.4) is 0 Å². The Balaban J connectivity index is 2.28. The number of piperazine rings is 1. The summed E-state index contributed by atoms with van der Waals surface area (Å²) in [5.41, 5.74) is 0. The Kier molecular flexibility index (Phi) is 3.55. The van der Waals surface area contributed by atoms with Crippen molar-refractivity contribution in [3.8, 4) is 0 Å². The number of hydrogen-bond acceptors (Lipinski definition) is 2. The van der Waals surface area contributed by atoms with E-state index in [4.69, 9.17) is 0 Å². The van der Waals surface area contributed by atoms with Crippen molar-refractivity contribution in [2.24, 2.45) is 0 Å². The predicted octanol–water partition coefficient (Wildman–Crippen LogP) is 1.19. The summed E-state index contributed by atoms with van der Waals surface area (Å²) in [4.78, 5) is 2.40. The lowest BCUT2D eigenvalue weighted by atomic mass is 10.2. The summed E-state index contributed by atoms with van der Waals surface area (Å²) in [6, 6.07) is 0.621. The van der Waals surface area contributed by atoms with E-state index in [9.17, 15) is 0 Å². The second kappa shape index (κ2) is 4.24. The highest BCUT2D eigenvalue weighted by molar-refractivity contribution is 9.11. The summed E-state index contributed by atoms with van der Waals surface area (Å²) < 4.78 is 1.08. The molecule has 0 bridgehead atoms. The van der Waals surface area contributed by atoms with Crippen LogP contribution in [0.4, 0.5) is 0 Å². The van der Waals surface area contributed by atoms with E-state index in [0.717, 1.165) is 30.7 Å². The van der Waals surface area contributed by atoms with Gasteiger partial charge < -0.3 is 5.32 Å². The Bertz CT molecular complexity index is 147. The van der Waals surface area contributed by atoms with E-state index >= 15 is 0 Å². The summed E-state index contributed by atoms with van der Waals surface area (Å²) in [7, 11) is 0. The summed E-state index contributed by atoms with van der Waals surface area (Å²) in [5.74, 6) is 0. The largest absolute Gasteiger partial charge is 0.312 e. The second-order valence-corrected chi connectivity index (χ2v) is 4.23. The maximum absolute atomic E-state index is 3.83. The van der Waals surface area contributed by atoms with E-state index < -0.39 is 0 Å². The molecule has 3 heteroatoms. The van der Waals surface area contributed by atoms with Gasteiger partial charge in [0, 0.05) is 36.7 Å². The van der Waals surface area contributed by atoms with E-state index in [-0.39, 0.29) is 0 Å². The van der Waals surface area contributed by atoms with E-state index in [1.54, 1.807) is 0 Å². The van der Waals surface area contributed by atoms with Crippen LogP contribution in [-0.2, 0) is 0 Å². The first kappa shape index (κ1) is 9.23. The maximum atomic E-state index is 3.83. The molecule has 1 aliphatic heterocycles. The van der Waals surface area contributed by atoms with Crippen LogP contribution in [0.25, 0.3) is 0 Å². The van der Waals surface area contributed by atoms with Gasteiger partial charge in [0.1, 0.15) is 0 Å². The SMILES string of the molecule is C=C(Br)CN1CCN[C@H](C)C1. The van der Waals surface area contributed by atoms with Crippen LogP contribution in [-0.4, -0.2) is 37.1 Å². The number of halogens is 1. The second-order valence-electron chi connectivity index (χ2n) is 3.11. The van der Waals surface area contributed by atoms with Gasteiger partial charge in [-0.3, -0.25) is 4.90 Å². The Morgan fingerprint density at radius 2 is 2.55 bits per heavy atom. The van der Waals surface area contributed by atoms with Gasteiger partial charge in [-0.2, -0.15) is 0 Å². The first-order valence-electron chi connectivity index (χ1n) is 3.97. The third-order valence-electron chi connectivity index (χ3n) is 1.85. The number of nitrogens with zero attached hydrogens (tertiary/aromatic N) is 1. The van der Waals surface area contributed by atoms with Crippen molar-refractivity contribution in [1.82, 2.24) is 10.2 Å². The molecule has 64 valence electrons. The molecular weight excluding hydrogens is 204 g/mol. The lowest BCUT2D eigenvalue weighted by Crippen LogP contribution is -2.49. The van der Waals surface area contributed by atoms with Crippen molar-refractivity contribution in [1.29, 1.82) is 0 Å². The van der Waals surface area contributed by atoms with Crippen LogP contribution in [0.5, 0.6) is 0 Å². The molecule has 0 spiro atoms. The van der Waals surface area contributed by atoms with Crippen molar-refractivity contribution >= 4 is 15.9 Å². The van der Waals surface area contributed by atoms with E-state index in [0.29, 0.717) is 6.04 Å². The van der Waals surface area contributed by atoms with Crippen molar-refractivity contribution in [3.63, 3.8) is 0 Å². The first-order chi connectivity index (χ1) is 5.18.